The largest absolute Gasteiger partial charge is 0.308 e. The number of rotatable bonds is 4. The van der Waals surface area contributed by atoms with Gasteiger partial charge in [0, 0.05) is 5.02 Å². The molecule has 1 aromatic heterocycles. The monoisotopic (exact) mass is 300 g/mol. The number of halogens is 1. The summed E-state index contributed by atoms with van der Waals surface area (Å²) in [6.45, 7) is 3.27. The lowest BCUT2D eigenvalue weighted by Gasteiger charge is -2.09. The molecule has 102 valence electrons. The highest BCUT2D eigenvalue weighted by molar-refractivity contribution is 7.89. The van der Waals surface area contributed by atoms with Gasteiger partial charge in [-0.15, -0.1) is 4.83 Å². The number of hydrogen-bond donors (Lipinski definition) is 3. The molecule has 0 saturated heterocycles. The smallest absolute Gasteiger partial charge is 0.260 e. The summed E-state index contributed by atoms with van der Waals surface area (Å²) < 4.78 is 24.3. The lowest BCUT2D eigenvalue weighted by atomic mass is 10.3. The first kappa shape index (κ1) is 13.9. The molecular formula is C11H13ClN4O2S. The van der Waals surface area contributed by atoms with Crippen LogP contribution in [0.5, 0.6) is 0 Å². The first-order valence-electron chi connectivity index (χ1n) is 5.45. The Balaban J connectivity index is 2.19. The van der Waals surface area contributed by atoms with Crippen LogP contribution >= 0.6 is 11.6 Å². The van der Waals surface area contributed by atoms with Gasteiger partial charge in [0.25, 0.3) is 10.0 Å². The number of nitrogens with one attached hydrogen (secondary N) is 3. The summed E-state index contributed by atoms with van der Waals surface area (Å²) in [5.41, 5.74) is 4.05. The lowest BCUT2D eigenvalue weighted by molar-refractivity contribution is 0.586. The number of hydrogen-bond acceptors (Lipinski definition) is 4. The second-order valence-electron chi connectivity index (χ2n) is 4.00. The third-order valence-electron chi connectivity index (χ3n) is 2.48. The summed E-state index contributed by atoms with van der Waals surface area (Å²) in [7, 11) is -3.69. The highest BCUT2D eigenvalue weighted by atomic mass is 35.5. The molecule has 0 spiro atoms. The zero-order valence-corrected chi connectivity index (χ0v) is 11.9. The van der Waals surface area contributed by atoms with E-state index >= 15 is 0 Å². The van der Waals surface area contributed by atoms with Crippen molar-refractivity contribution in [1.29, 1.82) is 0 Å². The van der Waals surface area contributed by atoms with E-state index in [9.17, 15) is 8.42 Å². The quantitative estimate of drug-likeness (QED) is 0.754. The van der Waals surface area contributed by atoms with Gasteiger partial charge >= 0.3 is 0 Å². The minimum atomic E-state index is -3.69. The molecule has 0 bridgehead atoms. The fraction of sp³-hybridized carbons (Fsp3) is 0.182. The predicted molar refractivity (Wildman–Crippen MR) is 73.5 cm³/mol. The molecule has 3 N–H and O–H groups in total. The SMILES string of the molecule is Cc1n[nH]c(C)c1S(=O)(=O)NNc1cccc(Cl)c1. The first-order chi connectivity index (χ1) is 8.90. The van der Waals surface area contributed by atoms with Crippen molar-refractivity contribution in [2.75, 3.05) is 5.43 Å². The Morgan fingerprint density at radius 3 is 2.63 bits per heavy atom. The molecule has 0 fully saturated rings. The van der Waals surface area contributed by atoms with Crippen LogP contribution in [-0.4, -0.2) is 18.6 Å². The lowest BCUT2D eigenvalue weighted by Crippen LogP contribution is -2.30. The summed E-state index contributed by atoms with van der Waals surface area (Å²) in [4.78, 5) is 2.43. The van der Waals surface area contributed by atoms with Crippen LogP contribution in [0, 0.1) is 13.8 Å². The normalized spacial score (nSPS) is 11.5. The maximum absolute atomic E-state index is 12.1. The maximum Gasteiger partial charge on any atom is 0.260 e. The molecule has 0 saturated carbocycles. The van der Waals surface area contributed by atoms with Gasteiger partial charge in [0.1, 0.15) is 4.90 Å². The van der Waals surface area contributed by atoms with Gasteiger partial charge < -0.3 is 5.43 Å². The van der Waals surface area contributed by atoms with Crippen LogP contribution in [0.1, 0.15) is 11.4 Å². The van der Waals surface area contributed by atoms with Gasteiger partial charge in [0.2, 0.25) is 0 Å². The molecule has 8 heteroatoms. The van der Waals surface area contributed by atoms with Gasteiger partial charge in [0.15, 0.2) is 0 Å². The fourth-order valence-electron chi connectivity index (χ4n) is 1.68. The Morgan fingerprint density at radius 2 is 2.05 bits per heavy atom. The number of H-pyrrole nitrogens is 1. The van der Waals surface area contributed by atoms with Crippen LogP contribution in [0.2, 0.25) is 5.02 Å². The van der Waals surface area contributed by atoms with E-state index in [0.717, 1.165) is 0 Å². The fourth-order valence-corrected chi connectivity index (χ4v) is 3.11. The van der Waals surface area contributed by atoms with Gasteiger partial charge in [-0.1, -0.05) is 17.7 Å². The topological polar surface area (TPSA) is 86.9 Å². The molecule has 19 heavy (non-hydrogen) atoms. The van der Waals surface area contributed by atoms with E-state index in [1.54, 1.807) is 38.1 Å². The van der Waals surface area contributed by atoms with Crippen molar-refractivity contribution in [2.24, 2.45) is 0 Å². The number of aromatic nitrogens is 2. The highest BCUT2D eigenvalue weighted by Gasteiger charge is 2.21. The van der Waals surface area contributed by atoms with Crippen molar-refractivity contribution in [3.63, 3.8) is 0 Å². The molecule has 0 aliphatic rings. The van der Waals surface area contributed by atoms with Crippen LogP contribution in [0.4, 0.5) is 5.69 Å². The molecule has 2 aromatic rings. The molecule has 6 nitrogen and oxygen atoms in total. The standard InChI is InChI=1S/C11H13ClN4O2S/c1-7-11(8(2)14-13-7)19(17,18)16-15-10-5-3-4-9(12)6-10/h3-6,15-16H,1-2H3,(H,13,14). The van der Waals surface area contributed by atoms with Crippen molar-refractivity contribution in [2.45, 2.75) is 18.7 Å². The summed E-state index contributed by atoms with van der Waals surface area (Å²) in [6, 6.07) is 6.72. The second kappa shape index (κ2) is 5.20. The van der Waals surface area contributed by atoms with Gasteiger partial charge in [-0.2, -0.15) is 5.10 Å². The average Bonchev–Trinajstić information content (AvgIpc) is 2.67. The summed E-state index contributed by atoms with van der Waals surface area (Å²) in [5.74, 6) is 0. The number of nitrogens with zero attached hydrogens (tertiary/aromatic N) is 1. The first-order valence-corrected chi connectivity index (χ1v) is 7.31. The Morgan fingerprint density at radius 1 is 1.32 bits per heavy atom. The maximum atomic E-state index is 12.1. The van der Waals surface area contributed by atoms with Crippen LogP contribution in [0.3, 0.4) is 0 Å². The van der Waals surface area contributed by atoms with Crippen molar-refractivity contribution >= 4 is 27.3 Å². The van der Waals surface area contributed by atoms with Crippen LogP contribution in [-0.2, 0) is 10.0 Å². The zero-order valence-electron chi connectivity index (χ0n) is 10.4. The van der Waals surface area contributed by atoms with Crippen LogP contribution in [0.15, 0.2) is 29.2 Å². The van der Waals surface area contributed by atoms with E-state index in [1.165, 1.54) is 0 Å². The van der Waals surface area contributed by atoms with Gasteiger partial charge in [-0.3, -0.25) is 5.10 Å². The van der Waals surface area contributed by atoms with E-state index in [1.807, 2.05) is 0 Å². The second-order valence-corrected chi connectivity index (χ2v) is 6.06. The average molecular weight is 301 g/mol. The number of benzene rings is 1. The van der Waals surface area contributed by atoms with Gasteiger partial charge in [-0.05, 0) is 32.0 Å². The van der Waals surface area contributed by atoms with E-state index in [2.05, 4.69) is 20.5 Å². The Labute approximate surface area is 116 Å². The highest BCUT2D eigenvalue weighted by Crippen LogP contribution is 2.18. The predicted octanol–water partition coefficient (Wildman–Crippen LogP) is 1.99. The molecule has 0 aliphatic carbocycles. The third kappa shape index (κ3) is 3.06. The summed E-state index contributed by atoms with van der Waals surface area (Å²) >= 11 is 5.81. The Kier molecular flexibility index (Phi) is 3.79. The van der Waals surface area contributed by atoms with Crippen molar-refractivity contribution in [1.82, 2.24) is 15.0 Å². The molecule has 0 amide bonds. The Hall–Kier alpha value is -1.57. The minimum Gasteiger partial charge on any atom is -0.308 e. The summed E-state index contributed by atoms with van der Waals surface area (Å²) in [6.07, 6.45) is 0. The van der Waals surface area contributed by atoms with Gasteiger partial charge in [-0.25, -0.2) is 8.42 Å². The Bertz CT molecular complexity index is 677. The molecule has 0 radical (unpaired) electrons. The van der Waals surface area contributed by atoms with E-state index < -0.39 is 10.0 Å². The minimum absolute atomic E-state index is 0.141. The zero-order chi connectivity index (χ0) is 14.0. The van der Waals surface area contributed by atoms with E-state index in [4.69, 9.17) is 11.6 Å². The van der Waals surface area contributed by atoms with Crippen molar-refractivity contribution in [3.05, 3.63) is 40.7 Å². The van der Waals surface area contributed by atoms with Crippen molar-refractivity contribution < 1.29 is 8.42 Å². The molecule has 0 unspecified atom stereocenters. The molecule has 0 atom stereocenters. The number of sulfonamides is 1. The molecule has 1 heterocycles. The summed E-state index contributed by atoms with van der Waals surface area (Å²) in [5, 5.41) is 7.00. The molecule has 1 aromatic carbocycles. The number of aromatic amines is 1. The van der Waals surface area contributed by atoms with Crippen LogP contribution < -0.4 is 10.3 Å². The van der Waals surface area contributed by atoms with Crippen LogP contribution in [0.25, 0.3) is 0 Å². The third-order valence-corrected chi connectivity index (χ3v) is 4.23. The molecular weight excluding hydrogens is 288 g/mol. The number of anilines is 1. The van der Waals surface area contributed by atoms with Crippen molar-refractivity contribution in [3.8, 4) is 0 Å². The number of aryl methyl sites for hydroxylation is 2. The number of hydrazine groups is 1. The van der Waals surface area contributed by atoms with Gasteiger partial charge in [0.05, 0.1) is 17.1 Å². The van der Waals surface area contributed by atoms with E-state index in [-0.39, 0.29) is 4.90 Å². The van der Waals surface area contributed by atoms with E-state index in [0.29, 0.717) is 22.1 Å². The molecule has 0 aliphatic heterocycles. The molecule has 2 rings (SSSR count).